The number of rotatable bonds is 17. The summed E-state index contributed by atoms with van der Waals surface area (Å²) >= 11 is 0. The fraction of sp³-hybridized carbons (Fsp3) is 0.429. The number of H-pyrrole nitrogens is 1. The van der Waals surface area contributed by atoms with Crippen molar-refractivity contribution < 1.29 is 33.5 Å². The highest BCUT2D eigenvalue weighted by atomic mass is 31.2. The lowest BCUT2D eigenvalue weighted by Crippen LogP contribution is -2.47. The van der Waals surface area contributed by atoms with E-state index in [0.29, 0.717) is 6.42 Å². The number of nitrogens with two attached hydrogens (primary N) is 1. The number of likely N-dealkylation sites (tertiary alicyclic amines) is 1. The number of aromatic nitrogens is 4. The van der Waals surface area contributed by atoms with Gasteiger partial charge in [-0.25, -0.2) is 15.2 Å². The van der Waals surface area contributed by atoms with Crippen molar-refractivity contribution in [2.24, 2.45) is 0 Å². The van der Waals surface area contributed by atoms with Gasteiger partial charge in [0.15, 0.2) is 11.2 Å². The molecule has 0 spiro atoms. The number of ether oxygens (including phenoxy) is 2. The Labute approximate surface area is 300 Å². The molecule has 1 aliphatic heterocycles. The number of nitrogen functional groups attached to an aromatic ring is 1. The summed E-state index contributed by atoms with van der Waals surface area (Å²) in [5.41, 5.74) is 7.18. The van der Waals surface area contributed by atoms with Crippen molar-refractivity contribution in [3.63, 3.8) is 0 Å². The first kappa shape index (κ1) is 38.3. The first-order chi connectivity index (χ1) is 25.0. The summed E-state index contributed by atoms with van der Waals surface area (Å²) in [7, 11) is -3.98. The average molecular weight is 737 g/mol. The van der Waals surface area contributed by atoms with Crippen LogP contribution in [0, 0.1) is 0 Å². The molecule has 5 rings (SSSR count). The molecular formula is C35H45N8O8P. The van der Waals surface area contributed by atoms with Gasteiger partial charge in [0.2, 0.25) is 19.3 Å². The van der Waals surface area contributed by atoms with Crippen LogP contribution in [0.25, 0.3) is 11.2 Å². The molecule has 2 unspecified atom stereocenters. The number of fused-ring (bicyclic) bond motifs is 1. The molecule has 4 aromatic rings. The lowest BCUT2D eigenvalue weighted by molar-refractivity contribution is -0.145. The van der Waals surface area contributed by atoms with E-state index in [0.717, 1.165) is 11.1 Å². The van der Waals surface area contributed by atoms with E-state index in [-0.39, 0.29) is 74.9 Å². The van der Waals surface area contributed by atoms with Gasteiger partial charge < -0.3 is 29.8 Å². The maximum atomic E-state index is 15.0. The van der Waals surface area contributed by atoms with Gasteiger partial charge in [0.25, 0.3) is 5.56 Å². The Balaban J connectivity index is 1.41. The normalized spacial score (nSPS) is 18.1. The van der Waals surface area contributed by atoms with Crippen molar-refractivity contribution >= 4 is 42.4 Å². The number of amides is 1. The molecule has 6 N–H and O–H groups in total. The number of hydrogen-bond donors (Lipinski definition) is 5. The summed E-state index contributed by atoms with van der Waals surface area (Å²) in [5, 5.41) is 16.3. The maximum Gasteiger partial charge on any atom is 0.323 e. The van der Waals surface area contributed by atoms with Crippen LogP contribution in [0.2, 0.25) is 0 Å². The quantitative estimate of drug-likeness (QED) is 0.0773. The third-order valence-corrected chi connectivity index (χ3v) is 11.2. The summed E-state index contributed by atoms with van der Waals surface area (Å²) in [6, 6.07) is 15.1. The molecule has 3 heterocycles. The van der Waals surface area contributed by atoms with Crippen molar-refractivity contribution in [1.29, 1.82) is 0 Å². The number of esters is 2. The number of aliphatic hydroxyl groups is 1. The van der Waals surface area contributed by atoms with Gasteiger partial charge in [0.1, 0.15) is 12.1 Å². The molecule has 0 radical (unpaired) electrons. The zero-order valence-corrected chi connectivity index (χ0v) is 30.0. The number of carbonyl (C=O) groups excluding carboxylic acids is 3. The lowest BCUT2D eigenvalue weighted by Gasteiger charge is -2.30. The van der Waals surface area contributed by atoms with E-state index >= 15 is 4.57 Å². The summed E-state index contributed by atoms with van der Waals surface area (Å²) in [5.74, 6) is -1.77. The van der Waals surface area contributed by atoms with Crippen LogP contribution in [0.3, 0.4) is 0 Å². The van der Waals surface area contributed by atoms with Gasteiger partial charge in [0, 0.05) is 19.1 Å². The van der Waals surface area contributed by atoms with E-state index in [1.165, 1.54) is 11.2 Å². The number of nitrogens with zero attached hydrogens (tertiary/aromatic N) is 4. The van der Waals surface area contributed by atoms with E-state index in [1.54, 1.807) is 18.4 Å². The minimum atomic E-state index is -3.98. The molecule has 1 aliphatic rings. The largest absolute Gasteiger partial charge is 0.465 e. The molecule has 16 nitrogen and oxygen atoms in total. The molecular weight excluding hydrogens is 691 g/mol. The number of imidazole rings is 1. The summed E-state index contributed by atoms with van der Waals surface area (Å²) in [6.07, 6.45) is 1.48. The third-order valence-electron chi connectivity index (χ3n) is 8.84. The molecule has 0 saturated carbocycles. The van der Waals surface area contributed by atoms with Crippen LogP contribution < -0.4 is 21.5 Å². The predicted octanol–water partition coefficient (Wildman–Crippen LogP) is 1.95. The topological polar surface area (TPSA) is 224 Å². The predicted molar refractivity (Wildman–Crippen MR) is 193 cm³/mol. The number of aromatic amines is 1. The molecule has 2 aromatic carbocycles. The van der Waals surface area contributed by atoms with Crippen molar-refractivity contribution in [1.82, 2.24) is 34.6 Å². The van der Waals surface area contributed by atoms with Crippen LogP contribution in [-0.2, 0) is 41.3 Å². The van der Waals surface area contributed by atoms with E-state index in [4.69, 9.17) is 15.2 Å². The van der Waals surface area contributed by atoms with Crippen molar-refractivity contribution in [3.05, 3.63) is 88.5 Å². The van der Waals surface area contributed by atoms with E-state index in [9.17, 15) is 24.3 Å². The van der Waals surface area contributed by atoms with E-state index in [2.05, 4.69) is 25.1 Å². The second-order valence-electron chi connectivity index (χ2n) is 12.5. The first-order valence-corrected chi connectivity index (χ1v) is 19.1. The van der Waals surface area contributed by atoms with Gasteiger partial charge in [0.05, 0.1) is 38.2 Å². The smallest absolute Gasteiger partial charge is 0.323 e. The van der Waals surface area contributed by atoms with Crippen molar-refractivity contribution in [3.8, 4) is 0 Å². The van der Waals surface area contributed by atoms with Crippen molar-refractivity contribution in [2.45, 2.75) is 63.7 Å². The highest BCUT2D eigenvalue weighted by molar-refractivity contribution is 7.60. The minimum absolute atomic E-state index is 0.0820. The number of hydrogen-bond acceptors (Lipinski definition) is 11. The Morgan fingerprint density at radius 1 is 0.981 bits per heavy atom. The highest BCUT2D eigenvalue weighted by Gasteiger charge is 2.39. The molecule has 1 fully saturated rings. The Hall–Kier alpha value is -4.89. The summed E-state index contributed by atoms with van der Waals surface area (Å²) in [6.45, 7) is 3.31. The van der Waals surface area contributed by atoms with Crippen LogP contribution in [0.15, 0.2) is 71.8 Å². The van der Waals surface area contributed by atoms with Gasteiger partial charge in [-0.05, 0) is 44.2 Å². The molecule has 278 valence electrons. The molecule has 52 heavy (non-hydrogen) atoms. The summed E-state index contributed by atoms with van der Waals surface area (Å²) < 4.78 is 27.4. The van der Waals surface area contributed by atoms with Gasteiger partial charge >= 0.3 is 11.9 Å². The number of nitrogens with one attached hydrogen (secondary N) is 3. The Kier molecular flexibility index (Phi) is 12.9. The van der Waals surface area contributed by atoms with Gasteiger partial charge in [-0.3, -0.25) is 28.7 Å². The van der Waals surface area contributed by atoms with Crippen molar-refractivity contribution in [2.75, 3.05) is 38.3 Å². The van der Waals surface area contributed by atoms with Gasteiger partial charge in [-0.2, -0.15) is 4.98 Å². The second kappa shape index (κ2) is 17.6. The number of carbonyl (C=O) groups is 3. The lowest BCUT2D eigenvalue weighted by atomic mass is 10.1. The fourth-order valence-corrected chi connectivity index (χ4v) is 8.64. The Bertz CT molecular complexity index is 1870. The van der Waals surface area contributed by atoms with Crippen LogP contribution in [0.1, 0.15) is 43.9 Å². The van der Waals surface area contributed by atoms with Gasteiger partial charge in [-0.15, -0.1) is 0 Å². The Morgan fingerprint density at radius 3 is 2.06 bits per heavy atom. The van der Waals surface area contributed by atoms with Gasteiger partial charge in [-0.1, -0.05) is 60.7 Å². The maximum absolute atomic E-state index is 15.0. The summed E-state index contributed by atoms with van der Waals surface area (Å²) in [4.78, 5) is 65.1. The molecule has 2 aromatic heterocycles. The highest BCUT2D eigenvalue weighted by Crippen LogP contribution is 2.40. The SMILES string of the molecule is CCOC(=O)C(Cc1ccccc1)NP(=O)(CCC(=O)N1C[C@H](n2cnc3c(=O)[nH]c(N)nc32)C[C@H]1CO)NC(Cc1ccccc1)C(=O)OCC. The van der Waals surface area contributed by atoms with E-state index < -0.39 is 49.0 Å². The van der Waals surface area contributed by atoms with E-state index in [1.807, 2.05) is 60.7 Å². The minimum Gasteiger partial charge on any atom is -0.465 e. The molecule has 0 aliphatic carbocycles. The first-order valence-electron chi connectivity index (χ1n) is 17.2. The average Bonchev–Trinajstić information content (AvgIpc) is 3.76. The molecule has 1 amide bonds. The molecule has 1 saturated heterocycles. The number of benzene rings is 2. The fourth-order valence-electron chi connectivity index (χ4n) is 6.40. The zero-order valence-electron chi connectivity index (χ0n) is 29.1. The van der Waals surface area contributed by atoms with Crippen LogP contribution >= 0.6 is 7.44 Å². The van der Waals surface area contributed by atoms with Crippen LogP contribution in [0.5, 0.6) is 0 Å². The Morgan fingerprint density at radius 2 is 1.54 bits per heavy atom. The number of aliphatic hydroxyl groups excluding tert-OH is 1. The van der Waals surface area contributed by atoms with Crippen LogP contribution in [0.4, 0.5) is 5.95 Å². The third kappa shape index (κ3) is 9.50. The second-order valence-corrected chi connectivity index (χ2v) is 15.0. The van der Waals surface area contributed by atoms with Crippen LogP contribution in [-0.4, -0.2) is 98.0 Å². The standard InChI is InChI=1S/C35H45N8O8P/c1-3-50-33(47)27(17-23-11-7-5-8-12-23)40-52(49,41-28(34(48)51-4-2)18-24-13-9-6-10-14-24)16-15-29(45)42-20-25(19-26(42)21-44)43-22-37-30-31(43)38-35(36)39-32(30)46/h5-14,22,25-28,44H,3-4,15-21H2,1-2H3,(H2,40,41,49)(H3,36,38,39,46)/t25-,26+,27?,28?,52?/m1/s1. The zero-order chi connectivity index (χ0) is 37.3. The molecule has 17 heteroatoms. The number of anilines is 1. The molecule has 4 atom stereocenters. The molecule has 0 bridgehead atoms. The monoisotopic (exact) mass is 736 g/mol.